The summed E-state index contributed by atoms with van der Waals surface area (Å²) in [6, 6.07) is 0. The van der Waals surface area contributed by atoms with Crippen molar-refractivity contribution < 1.29 is 58.3 Å². The Labute approximate surface area is 421 Å². The van der Waals surface area contributed by atoms with Crippen molar-refractivity contribution >= 4 is 13.8 Å². The van der Waals surface area contributed by atoms with Crippen LogP contribution in [0.4, 0.5) is 0 Å². The van der Waals surface area contributed by atoms with Gasteiger partial charge in [-0.3, -0.25) is 13.8 Å². The molecule has 0 spiro atoms. The molecule has 0 aromatic carbocycles. The van der Waals surface area contributed by atoms with Crippen molar-refractivity contribution in [3.05, 3.63) is 24.3 Å². The molecule has 13 heteroatoms. The number of hydrogen-bond acceptors (Lipinski definition) is 11. The first-order chi connectivity index (χ1) is 33.5. The summed E-state index contributed by atoms with van der Waals surface area (Å²) in [5, 5.41) is 50.4. The van der Waals surface area contributed by atoms with Crippen LogP contribution in [0.2, 0.25) is 0 Å². The smallest absolute Gasteiger partial charge is 0.457 e. The molecule has 1 rings (SSSR count). The zero-order valence-corrected chi connectivity index (χ0v) is 45.0. The molecule has 69 heavy (non-hydrogen) atoms. The zero-order chi connectivity index (χ0) is 50.5. The third-order valence-corrected chi connectivity index (χ3v) is 14.6. The fraction of sp³-hybridized carbons (Fsp3) is 0.911. The number of allylic oxidation sites excluding steroid dienone is 4. The monoisotopic (exact) mass is 1000 g/mol. The Kier molecular flexibility index (Phi) is 44.5. The van der Waals surface area contributed by atoms with E-state index in [1.54, 1.807) is 0 Å². The highest BCUT2D eigenvalue weighted by Gasteiger charge is 2.51. The van der Waals surface area contributed by atoms with Gasteiger partial charge in [-0.05, 0) is 44.9 Å². The predicted molar refractivity (Wildman–Crippen MR) is 281 cm³/mol. The van der Waals surface area contributed by atoms with Crippen LogP contribution in [0.5, 0.6) is 0 Å². The van der Waals surface area contributed by atoms with E-state index in [9.17, 15) is 39.8 Å². The Morgan fingerprint density at radius 3 is 1.22 bits per heavy atom. The van der Waals surface area contributed by atoms with Gasteiger partial charge in [0.1, 0.15) is 42.7 Å². The standard InChI is InChI=1S/C56H107O12P/c1-3-5-7-9-11-13-15-17-19-21-23-24-25-26-27-29-31-33-35-37-39-41-43-45-50(57)67-49(48-66-69(63,64)68-56-54(61)52(59)51(58)53(60)55(56)62)47-65-46-44-42-40-38-36-34-32-30-28-22-20-18-16-14-12-10-8-6-4-2/h15,17,21,23,49,51-56,58-62H,3-14,16,18-20,22,24-48H2,1-2H3,(H,63,64)/b17-15-,23-21-. The molecule has 6 N–H and O–H groups in total. The third kappa shape index (κ3) is 38.1. The van der Waals surface area contributed by atoms with Crippen molar-refractivity contribution in [2.45, 2.75) is 307 Å². The van der Waals surface area contributed by atoms with Gasteiger partial charge in [0, 0.05) is 13.0 Å². The van der Waals surface area contributed by atoms with Crippen LogP contribution in [-0.4, -0.2) is 98.9 Å². The first-order valence-corrected chi connectivity index (χ1v) is 30.2. The van der Waals surface area contributed by atoms with E-state index in [1.165, 1.54) is 193 Å². The van der Waals surface area contributed by atoms with Gasteiger partial charge < -0.3 is 39.9 Å². The molecule has 0 saturated heterocycles. The van der Waals surface area contributed by atoms with Crippen LogP contribution in [-0.2, 0) is 27.9 Å². The van der Waals surface area contributed by atoms with Crippen molar-refractivity contribution in [2.24, 2.45) is 0 Å². The van der Waals surface area contributed by atoms with Gasteiger partial charge in [-0.1, -0.05) is 237 Å². The summed E-state index contributed by atoms with van der Waals surface area (Å²) in [6.07, 6.45) is 43.9. The van der Waals surface area contributed by atoms with Gasteiger partial charge in [0.05, 0.1) is 13.2 Å². The van der Waals surface area contributed by atoms with Crippen LogP contribution >= 0.6 is 7.82 Å². The maximum Gasteiger partial charge on any atom is 0.472 e. The summed E-state index contributed by atoms with van der Waals surface area (Å²) in [6.45, 7) is 4.31. The topological polar surface area (TPSA) is 192 Å². The second kappa shape index (κ2) is 46.6. The van der Waals surface area contributed by atoms with Crippen molar-refractivity contribution in [1.29, 1.82) is 0 Å². The van der Waals surface area contributed by atoms with Crippen LogP contribution < -0.4 is 0 Å². The molecule has 1 saturated carbocycles. The maximum atomic E-state index is 12.9. The van der Waals surface area contributed by atoms with Crippen molar-refractivity contribution in [3.63, 3.8) is 0 Å². The Balaban J connectivity index is 2.28. The molecular formula is C56H107O12P. The summed E-state index contributed by atoms with van der Waals surface area (Å²) in [4.78, 5) is 23.3. The van der Waals surface area contributed by atoms with Crippen molar-refractivity contribution in [2.75, 3.05) is 19.8 Å². The highest BCUT2D eigenvalue weighted by Crippen LogP contribution is 2.47. The minimum absolute atomic E-state index is 0.0721. The molecule has 0 aromatic rings. The van der Waals surface area contributed by atoms with E-state index >= 15 is 0 Å². The average molecular weight is 1000 g/mol. The second-order valence-electron chi connectivity index (χ2n) is 20.1. The van der Waals surface area contributed by atoms with E-state index in [4.69, 9.17) is 18.5 Å². The maximum absolute atomic E-state index is 12.9. The molecule has 12 nitrogen and oxygen atoms in total. The number of carbonyl (C=O) groups excluding carboxylic acids is 1. The molecule has 0 amide bonds. The molecule has 0 radical (unpaired) electrons. The van der Waals surface area contributed by atoms with Gasteiger partial charge in [-0.2, -0.15) is 0 Å². The van der Waals surface area contributed by atoms with Crippen LogP contribution in [0.25, 0.3) is 0 Å². The van der Waals surface area contributed by atoms with E-state index in [2.05, 4.69) is 38.2 Å². The lowest BCUT2D eigenvalue weighted by Gasteiger charge is -2.41. The highest BCUT2D eigenvalue weighted by atomic mass is 31.2. The molecule has 1 aliphatic carbocycles. The number of carbonyl (C=O) groups is 1. The number of hydrogen-bond donors (Lipinski definition) is 6. The lowest BCUT2D eigenvalue weighted by Crippen LogP contribution is -2.64. The number of unbranched alkanes of at least 4 members (excludes halogenated alkanes) is 34. The van der Waals surface area contributed by atoms with E-state index in [0.29, 0.717) is 13.0 Å². The molecule has 1 aliphatic rings. The Morgan fingerprint density at radius 2 is 0.812 bits per heavy atom. The molecule has 6 atom stereocenters. The van der Waals surface area contributed by atoms with Crippen LogP contribution in [0, 0.1) is 0 Å². The molecule has 6 unspecified atom stereocenters. The van der Waals surface area contributed by atoms with Gasteiger partial charge in [-0.25, -0.2) is 4.57 Å². The first-order valence-electron chi connectivity index (χ1n) is 28.7. The predicted octanol–water partition coefficient (Wildman–Crippen LogP) is 13.6. The summed E-state index contributed by atoms with van der Waals surface area (Å²) < 4.78 is 34.4. The lowest BCUT2D eigenvalue weighted by molar-refractivity contribution is -0.220. The molecule has 408 valence electrons. The number of ether oxygens (including phenoxy) is 2. The summed E-state index contributed by atoms with van der Waals surface area (Å²) >= 11 is 0. The van der Waals surface area contributed by atoms with E-state index < -0.39 is 63.1 Å². The molecule has 0 bridgehead atoms. The highest BCUT2D eigenvalue weighted by molar-refractivity contribution is 7.47. The molecular weight excluding hydrogens is 896 g/mol. The van der Waals surface area contributed by atoms with Crippen LogP contribution in [0.1, 0.15) is 264 Å². The van der Waals surface area contributed by atoms with Crippen LogP contribution in [0.3, 0.4) is 0 Å². The number of rotatable bonds is 50. The fourth-order valence-corrected chi connectivity index (χ4v) is 10.0. The number of aliphatic hydroxyl groups excluding tert-OH is 5. The van der Waals surface area contributed by atoms with Gasteiger partial charge >= 0.3 is 13.8 Å². The number of phosphoric ester groups is 1. The van der Waals surface area contributed by atoms with Crippen molar-refractivity contribution in [1.82, 2.24) is 0 Å². The molecule has 0 heterocycles. The molecule has 0 aromatic heterocycles. The fourth-order valence-electron chi connectivity index (χ4n) is 9.04. The quantitative estimate of drug-likeness (QED) is 0.0146. The summed E-state index contributed by atoms with van der Waals surface area (Å²) in [5.41, 5.74) is 0. The van der Waals surface area contributed by atoms with Gasteiger partial charge in [0.25, 0.3) is 0 Å². The van der Waals surface area contributed by atoms with Crippen molar-refractivity contribution in [3.8, 4) is 0 Å². The molecule has 0 aliphatic heterocycles. The Hall–Kier alpha value is -1.18. The first kappa shape index (κ1) is 65.8. The zero-order valence-electron chi connectivity index (χ0n) is 44.1. The number of phosphoric acid groups is 1. The number of aliphatic hydroxyl groups is 5. The van der Waals surface area contributed by atoms with Crippen LogP contribution in [0.15, 0.2) is 24.3 Å². The van der Waals surface area contributed by atoms with E-state index in [0.717, 1.165) is 44.9 Å². The van der Waals surface area contributed by atoms with Gasteiger partial charge in [-0.15, -0.1) is 0 Å². The van der Waals surface area contributed by atoms with Gasteiger partial charge in [0.2, 0.25) is 0 Å². The number of esters is 1. The molecule has 1 fully saturated rings. The SMILES string of the molecule is CCCCCCC/C=C\C/C=C\CCCCCCCCCCCCCC(=O)OC(COCCCCCCCCCCCCCCCCCCCCC)COP(=O)(O)OC1C(O)C(O)C(O)C(O)C1O. The minimum Gasteiger partial charge on any atom is -0.457 e. The Bertz CT molecular complexity index is 1240. The minimum atomic E-state index is -5.02. The Morgan fingerprint density at radius 1 is 0.464 bits per heavy atom. The normalized spacial score (nSPS) is 21.1. The second-order valence-corrected chi connectivity index (χ2v) is 21.6. The van der Waals surface area contributed by atoms with E-state index in [-0.39, 0.29) is 13.0 Å². The lowest BCUT2D eigenvalue weighted by atomic mass is 9.85. The van der Waals surface area contributed by atoms with E-state index in [1.807, 2.05) is 0 Å². The largest absolute Gasteiger partial charge is 0.472 e. The summed E-state index contributed by atoms with van der Waals surface area (Å²) in [5.74, 6) is -0.474. The van der Waals surface area contributed by atoms with Gasteiger partial charge in [0.15, 0.2) is 0 Å². The summed E-state index contributed by atoms with van der Waals surface area (Å²) in [7, 11) is -5.02. The third-order valence-electron chi connectivity index (χ3n) is 13.6. The average Bonchev–Trinajstić information content (AvgIpc) is 3.34.